The van der Waals surface area contributed by atoms with Gasteiger partial charge in [-0.05, 0) is 43.0 Å². The third-order valence-corrected chi connectivity index (χ3v) is 3.51. The van der Waals surface area contributed by atoms with Crippen LogP contribution in [0.15, 0.2) is 22.7 Å². The molecule has 3 nitrogen and oxygen atoms in total. The van der Waals surface area contributed by atoms with Crippen LogP contribution < -0.4 is 5.32 Å². The first-order chi connectivity index (χ1) is 8.06. The predicted octanol–water partition coefficient (Wildman–Crippen LogP) is 2.34. The van der Waals surface area contributed by atoms with E-state index in [9.17, 15) is 9.18 Å². The Balaban J connectivity index is 2.02. The van der Waals surface area contributed by atoms with E-state index in [0.29, 0.717) is 18.4 Å². The summed E-state index contributed by atoms with van der Waals surface area (Å²) in [4.78, 5) is 10.8. The molecule has 5 heteroatoms. The fourth-order valence-electron chi connectivity index (χ4n) is 2.14. The van der Waals surface area contributed by atoms with Crippen molar-refractivity contribution in [1.82, 2.24) is 5.32 Å². The average Bonchev–Trinajstić information content (AvgIpc) is 2.72. The number of carbonyl (C=O) groups is 1. The molecule has 1 fully saturated rings. The number of benzene rings is 1. The Labute approximate surface area is 107 Å². The molecule has 0 aromatic heterocycles. The minimum atomic E-state index is -0.831. The number of rotatable bonds is 3. The lowest BCUT2D eigenvalue weighted by Gasteiger charge is -2.12. The second-order valence-corrected chi connectivity index (χ2v) is 5.19. The van der Waals surface area contributed by atoms with Crippen LogP contribution in [0.5, 0.6) is 0 Å². The Kier molecular flexibility index (Phi) is 3.79. The van der Waals surface area contributed by atoms with Crippen LogP contribution >= 0.6 is 15.9 Å². The quantitative estimate of drug-likeness (QED) is 0.901. The summed E-state index contributed by atoms with van der Waals surface area (Å²) >= 11 is 3.30. The van der Waals surface area contributed by atoms with Gasteiger partial charge in [-0.3, -0.25) is 4.79 Å². The molecular formula is C12H13BrFNO2. The topological polar surface area (TPSA) is 49.3 Å². The van der Waals surface area contributed by atoms with Crippen LogP contribution in [0.3, 0.4) is 0 Å². The lowest BCUT2D eigenvalue weighted by atomic mass is 10.0. The SMILES string of the molecule is O=C(O)C1CCC(Cc2cc(Br)ccc2F)N1. The zero-order valence-corrected chi connectivity index (χ0v) is 10.7. The lowest BCUT2D eigenvalue weighted by molar-refractivity contribution is -0.139. The van der Waals surface area contributed by atoms with Crippen molar-refractivity contribution < 1.29 is 14.3 Å². The minimum Gasteiger partial charge on any atom is -0.480 e. The molecule has 0 amide bonds. The number of carboxylic acids is 1. The van der Waals surface area contributed by atoms with Crippen LogP contribution in [0.25, 0.3) is 0 Å². The molecule has 1 heterocycles. The van der Waals surface area contributed by atoms with E-state index in [1.165, 1.54) is 6.07 Å². The van der Waals surface area contributed by atoms with E-state index in [4.69, 9.17) is 5.11 Å². The zero-order chi connectivity index (χ0) is 12.4. The molecule has 1 aromatic rings. The fourth-order valence-corrected chi connectivity index (χ4v) is 2.55. The van der Waals surface area contributed by atoms with Crippen molar-refractivity contribution in [2.45, 2.75) is 31.3 Å². The summed E-state index contributed by atoms with van der Waals surface area (Å²) in [6.07, 6.45) is 1.90. The maximum absolute atomic E-state index is 13.5. The maximum atomic E-state index is 13.5. The third-order valence-electron chi connectivity index (χ3n) is 3.01. The van der Waals surface area contributed by atoms with Gasteiger partial charge < -0.3 is 10.4 Å². The van der Waals surface area contributed by atoms with Gasteiger partial charge in [0.15, 0.2) is 0 Å². The molecule has 1 aliphatic heterocycles. The van der Waals surface area contributed by atoms with Gasteiger partial charge in [0.25, 0.3) is 0 Å². The first-order valence-corrected chi connectivity index (χ1v) is 6.28. The van der Waals surface area contributed by atoms with E-state index in [1.54, 1.807) is 12.1 Å². The van der Waals surface area contributed by atoms with Crippen molar-refractivity contribution in [2.24, 2.45) is 0 Å². The van der Waals surface area contributed by atoms with Gasteiger partial charge in [-0.2, -0.15) is 0 Å². The molecule has 0 saturated carbocycles. The average molecular weight is 302 g/mol. The van der Waals surface area contributed by atoms with Crippen LogP contribution in [-0.4, -0.2) is 23.2 Å². The molecule has 2 rings (SSSR count). The van der Waals surface area contributed by atoms with Gasteiger partial charge in [0.05, 0.1) is 0 Å². The molecule has 0 spiro atoms. The Morgan fingerprint density at radius 1 is 1.53 bits per heavy atom. The Morgan fingerprint density at radius 3 is 2.94 bits per heavy atom. The monoisotopic (exact) mass is 301 g/mol. The second kappa shape index (κ2) is 5.14. The Hall–Kier alpha value is -0.940. The summed E-state index contributed by atoms with van der Waals surface area (Å²) < 4.78 is 14.3. The molecule has 0 aliphatic carbocycles. The highest BCUT2D eigenvalue weighted by Crippen LogP contribution is 2.21. The number of hydrogen-bond donors (Lipinski definition) is 2. The van der Waals surface area contributed by atoms with Crippen LogP contribution in [0.1, 0.15) is 18.4 Å². The van der Waals surface area contributed by atoms with Crippen molar-refractivity contribution in [3.05, 3.63) is 34.1 Å². The molecule has 2 atom stereocenters. The van der Waals surface area contributed by atoms with Crippen LogP contribution in [-0.2, 0) is 11.2 Å². The fraction of sp³-hybridized carbons (Fsp3) is 0.417. The van der Waals surface area contributed by atoms with E-state index in [-0.39, 0.29) is 11.9 Å². The van der Waals surface area contributed by atoms with E-state index in [1.807, 2.05) is 0 Å². The molecular weight excluding hydrogens is 289 g/mol. The number of carboxylic acid groups (broad SMARTS) is 1. The van der Waals surface area contributed by atoms with E-state index < -0.39 is 12.0 Å². The van der Waals surface area contributed by atoms with Crippen LogP contribution in [0, 0.1) is 5.82 Å². The van der Waals surface area contributed by atoms with Gasteiger partial charge in [-0.15, -0.1) is 0 Å². The van der Waals surface area contributed by atoms with Crippen LogP contribution in [0.4, 0.5) is 4.39 Å². The molecule has 17 heavy (non-hydrogen) atoms. The first-order valence-electron chi connectivity index (χ1n) is 5.49. The van der Waals surface area contributed by atoms with Crippen molar-refractivity contribution >= 4 is 21.9 Å². The van der Waals surface area contributed by atoms with Gasteiger partial charge >= 0.3 is 5.97 Å². The molecule has 92 valence electrons. The highest BCUT2D eigenvalue weighted by atomic mass is 79.9. The molecule has 0 bridgehead atoms. The number of halogens is 2. The van der Waals surface area contributed by atoms with Crippen LogP contribution in [0.2, 0.25) is 0 Å². The number of aliphatic carboxylic acids is 1. The largest absolute Gasteiger partial charge is 0.480 e. The summed E-state index contributed by atoms with van der Waals surface area (Å²) in [7, 11) is 0. The van der Waals surface area contributed by atoms with E-state index >= 15 is 0 Å². The summed E-state index contributed by atoms with van der Waals surface area (Å²) in [5, 5.41) is 11.9. The maximum Gasteiger partial charge on any atom is 0.320 e. The normalized spacial score (nSPS) is 23.9. The molecule has 0 radical (unpaired) electrons. The third kappa shape index (κ3) is 3.04. The van der Waals surface area contributed by atoms with Crippen molar-refractivity contribution in [1.29, 1.82) is 0 Å². The lowest BCUT2D eigenvalue weighted by Crippen LogP contribution is -2.36. The van der Waals surface area contributed by atoms with E-state index in [2.05, 4.69) is 21.2 Å². The summed E-state index contributed by atoms with van der Waals surface area (Å²) in [5.41, 5.74) is 0.614. The standard InChI is InChI=1S/C12H13BrFNO2/c13-8-1-3-10(14)7(5-8)6-9-2-4-11(15-9)12(16)17/h1,3,5,9,11,15H,2,4,6H2,(H,16,17). The molecule has 1 aromatic carbocycles. The summed E-state index contributed by atoms with van der Waals surface area (Å²) in [6, 6.07) is 4.37. The van der Waals surface area contributed by atoms with Gasteiger partial charge in [0, 0.05) is 10.5 Å². The van der Waals surface area contributed by atoms with Gasteiger partial charge in [0.2, 0.25) is 0 Å². The Bertz CT molecular complexity index is 439. The number of nitrogens with one attached hydrogen (secondary N) is 1. The molecule has 1 aliphatic rings. The Morgan fingerprint density at radius 2 is 2.29 bits per heavy atom. The van der Waals surface area contributed by atoms with Crippen molar-refractivity contribution in [3.8, 4) is 0 Å². The smallest absolute Gasteiger partial charge is 0.320 e. The molecule has 1 saturated heterocycles. The second-order valence-electron chi connectivity index (χ2n) is 4.27. The first kappa shape index (κ1) is 12.5. The van der Waals surface area contributed by atoms with Crippen molar-refractivity contribution in [2.75, 3.05) is 0 Å². The highest BCUT2D eigenvalue weighted by Gasteiger charge is 2.29. The van der Waals surface area contributed by atoms with Gasteiger partial charge in [-0.25, -0.2) is 4.39 Å². The molecule has 2 N–H and O–H groups in total. The summed E-state index contributed by atoms with van der Waals surface area (Å²) in [6.45, 7) is 0. The summed E-state index contributed by atoms with van der Waals surface area (Å²) in [5.74, 6) is -1.07. The highest BCUT2D eigenvalue weighted by molar-refractivity contribution is 9.10. The predicted molar refractivity (Wildman–Crippen MR) is 65.4 cm³/mol. The molecule has 2 unspecified atom stereocenters. The van der Waals surface area contributed by atoms with Gasteiger partial charge in [0.1, 0.15) is 11.9 Å². The van der Waals surface area contributed by atoms with E-state index in [0.717, 1.165) is 10.9 Å². The minimum absolute atomic E-state index is 0.0416. The van der Waals surface area contributed by atoms with Gasteiger partial charge in [-0.1, -0.05) is 15.9 Å². The zero-order valence-electron chi connectivity index (χ0n) is 9.12. The number of hydrogen-bond acceptors (Lipinski definition) is 2. The van der Waals surface area contributed by atoms with Crippen molar-refractivity contribution in [3.63, 3.8) is 0 Å².